The first-order valence-electron chi connectivity index (χ1n) is 10.5. The number of aliphatic carboxylic acids is 1. The predicted octanol–water partition coefficient (Wildman–Crippen LogP) is 2.80. The largest absolute Gasteiger partial charge is 0.477 e. The van der Waals surface area contributed by atoms with Gasteiger partial charge in [-0.15, -0.1) is 22.0 Å². The molecular weight excluding hydrogens is 520 g/mol. The smallest absolute Gasteiger partial charge is 0.352 e. The molecule has 1 saturated heterocycles. The molecule has 3 atom stereocenters. The van der Waals surface area contributed by atoms with Crippen LogP contribution in [0, 0.1) is 20.8 Å². The lowest BCUT2D eigenvalue weighted by atomic mass is 10.0. The van der Waals surface area contributed by atoms with Crippen LogP contribution in [0.1, 0.15) is 35.8 Å². The molecule has 0 aliphatic carbocycles. The van der Waals surface area contributed by atoms with Crippen LogP contribution in [-0.4, -0.2) is 70.7 Å². The highest BCUT2D eigenvalue weighted by atomic mass is 35.5. The molecule has 0 aromatic carbocycles. The second kappa shape index (κ2) is 9.88. The monoisotopic (exact) mass is 542 g/mol. The Kier molecular flexibility index (Phi) is 7.27. The molecule has 14 heteroatoms. The summed E-state index contributed by atoms with van der Waals surface area (Å²) in [7, 11) is 0. The van der Waals surface area contributed by atoms with Gasteiger partial charge in [-0.1, -0.05) is 41.6 Å². The summed E-state index contributed by atoms with van der Waals surface area (Å²) in [6.45, 7) is 7.26. The first-order valence-corrected chi connectivity index (χ1v) is 13.7. The molecule has 0 radical (unpaired) electrons. The number of carboxylic acid groups (broad SMARTS) is 1. The van der Waals surface area contributed by atoms with Gasteiger partial charge in [0.25, 0.3) is 5.91 Å². The summed E-state index contributed by atoms with van der Waals surface area (Å²) in [6.07, 6.45) is 0.458. The van der Waals surface area contributed by atoms with Crippen molar-refractivity contribution in [1.29, 1.82) is 0 Å². The number of fused-ring (bicyclic) bond motifs is 1. The van der Waals surface area contributed by atoms with Crippen molar-refractivity contribution in [3.8, 4) is 0 Å². The van der Waals surface area contributed by atoms with Gasteiger partial charge in [-0.25, -0.2) is 4.79 Å². The molecule has 34 heavy (non-hydrogen) atoms. The third-order valence-electron chi connectivity index (χ3n) is 5.65. The molecule has 2 amide bonds. The molecule has 4 heterocycles. The minimum absolute atomic E-state index is 0.00893. The van der Waals surface area contributed by atoms with Crippen LogP contribution in [0.5, 0.6) is 0 Å². The normalized spacial score (nSPS) is 20.7. The van der Waals surface area contributed by atoms with E-state index in [4.69, 9.17) is 11.6 Å². The summed E-state index contributed by atoms with van der Waals surface area (Å²) in [6, 6.07) is -1.42. The number of aromatic nitrogens is 4. The van der Waals surface area contributed by atoms with Crippen LogP contribution in [0.2, 0.25) is 5.02 Å². The number of carbonyl (C=O) groups is 3. The van der Waals surface area contributed by atoms with Gasteiger partial charge in [-0.2, -0.15) is 5.10 Å². The number of halogens is 1. The first-order chi connectivity index (χ1) is 16.1. The lowest BCUT2D eigenvalue weighted by Crippen LogP contribution is -2.71. The van der Waals surface area contributed by atoms with Crippen LogP contribution < -0.4 is 5.32 Å². The lowest BCUT2D eigenvalue weighted by Gasteiger charge is -2.49. The van der Waals surface area contributed by atoms with E-state index in [9.17, 15) is 19.5 Å². The average molecular weight is 543 g/mol. The highest BCUT2D eigenvalue weighted by molar-refractivity contribution is 8.01. The number of aryl methyl sites for hydroxylation is 2. The van der Waals surface area contributed by atoms with Crippen molar-refractivity contribution in [3.05, 3.63) is 32.7 Å². The summed E-state index contributed by atoms with van der Waals surface area (Å²) in [5.41, 5.74) is 1.95. The van der Waals surface area contributed by atoms with Gasteiger partial charge in [0.1, 0.15) is 28.2 Å². The fraction of sp³-hybridized carbons (Fsp3) is 0.500. The Morgan fingerprint density at radius 3 is 2.62 bits per heavy atom. The van der Waals surface area contributed by atoms with Crippen molar-refractivity contribution in [2.45, 2.75) is 55.9 Å². The molecule has 2 aliphatic rings. The molecule has 1 fully saturated rings. The van der Waals surface area contributed by atoms with E-state index < -0.39 is 29.3 Å². The van der Waals surface area contributed by atoms with Gasteiger partial charge in [0, 0.05) is 11.5 Å². The second-order valence-electron chi connectivity index (χ2n) is 7.88. The van der Waals surface area contributed by atoms with Gasteiger partial charge < -0.3 is 10.4 Å². The predicted molar refractivity (Wildman–Crippen MR) is 131 cm³/mol. The minimum atomic E-state index is -1.16. The lowest BCUT2D eigenvalue weighted by molar-refractivity contribution is -0.151. The fourth-order valence-electron chi connectivity index (χ4n) is 3.95. The Morgan fingerprint density at radius 2 is 2.06 bits per heavy atom. The SMILES string of the molecule is CC[C@H](C(=O)N[C@H]1C(=O)N2C(C(=O)O)=C(CSc3nnc(C)s3)CS[C@H]12)n1nc(C)c(Cl)c1C. The standard InChI is InChI=1S/C20H23ClN6O4S3/c1-5-12(27-9(3)13(21)8(2)25-27)16(28)22-14-17(29)26-15(19(30)31)11(6-32-18(14)26)7-33-20-24-23-10(4)34-20/h12,14,18H,5-7H2,1-4H3,(H,22,28)(H,30,31)/t12-,14+,18-/m1/s1. The van der Waals surface area contributed by atoms with Gasteiger partial charge in [0.05, 0.1) is 16.4 Å². The Labute approximate surface area is 213 Å². The maximum Gasteiger partial charge on any atom is 0.352 e. The quantitative estimate of drug-likeness (QED) is 0.382. The van der Waals surface area contributed by atoms with Crippen molar-refractivity contribution in [3.63, 3.8) is 0 Å². The zero-order chi connectivity index (χ0) is 24.7. The number of hydrogen-bond donors (Lipinski definition) is 2. The highest BCUT2D eigenvalue weighted by Gasteiger charge is 2.54. The summed E-state index contributed by atoms with van der Waals surface area (Å²) in [5, 5.41) is 25.9. The Balaban J connectivity index is 1.48. The average Bonchev–Trinajstić information content (AvgIpc) is 3.33. The molecule has 0 spiro atoms. The van der Waals surface area contributed by atoms with Crippen LogP contribution in [0.4, 0.5) is 0 Å². The zero-order valence-electron chi connectivity index (χ0n) is 18.9. The van der Waals surface area contributed by atoms with E-state index in [0.717, 1.165) is 9.35 Å². The first kappa shape index (κ1) is 25.0. The number of hydrogen-bond acceptors (Lipinski definition) is 9. The molecule has 4 rings (SSSR count). The summed E-state index contributed by atoms with van der Waals surface area (Å²) >= 11 is 10.5. The number of nitrogens with one attached hydrogen (secondary N) is 1. The van der Waals surface area contributed by atoms with Gasteiger partial charge in [0.2, 0.25) is 5.91 Å². The Bertz CT molecular complexity index is 1200. The number of nitrogens with zero attached hydrogens (tertiary/aromatic N) is 5. The van der Waals surface area contributed by atoms with E-state index in [1.54, 1.807) is 18.5 Å². The van der Waals surface area contributed by atoms with Crippen LogP contribution in [0.3, 0.4) is 0 Å². The van der Waals surface area contributed by atoms with Crippen molar-refractivity contribution in [1.82, 2.24) is 30.2 Å². The van der Waals surface area contributed by atoms with Crippen molar-refractivity contribution < 1.29 is 19.5 Å². The maximum absolute atomic E-state index is 13.1. The van der Waals surface area contributed by atoms with Gasteiger partial charge in [-0.3, -0.25) is 19.2 Å². The van der Waals surface area contributed by atoms with Crippen molar-refractivity contribution in [2.75, 3.05) is 11.5 Å². The van der Waals surface area contributed by atoms with E-state index in [0.29, 0.717) is 39.9 Å². The van der Waals surface area contributed by atoms with Gasteiger partial charge in [-0.05, 0) is 32.8 Å². The van der Waals surface area contributed by atoms with E-state index in [-0.39, 0.29) is 11.6 Å². The molecule has 10 nitrogen and oxygen atoms in total. The molecular formula is C20H23ClN6O4S3. The summed E-state index contributed by atoms with van der Waals surface area (Å²) in [4.78, 5) is 39.4. The van der Waals surface area contributed by atoms with Crippen LogP contribution in [0.15, 0.2) is 15.6 Å². The van der Waals surface area contributed by atoms with Crippen LogP contribution in [0.25, 0.3) is 0 Å². The van der Waals surface area contributed by atoms with Gasteiger partial charge in [0.15, 0.2) is 4.34 Å². The Morgan fingerprint density at radius 1 is 1.32 bits per heavy atom. The second-order valence-corrected chi connectivity index (χ2v) is 11.8. The number of amides is 2. The molecule has 2 N–H and O–H groups in total. The number of thioether (sulfide) groups is 2. The molecule has 0 unspecified atom stereocenters. The molecule has 2 aromatic heterocycles. The van der Waals surface area contributed by atoms with E-state index in [1.807, 2.05) is 13.8 Å². The van der Waals surface area contributed by atoms with Crippen LogP contribution in [-0.2, 0) is 14.4 Å². The number of carbonyl (C=O) groups excluding carboxylic acids is 2. The van der Waals surface area contributed by atoms with Gasteiger partial charge >= 0.3 is 5.97 Å². The highest BCUT2D eigenvalue weighted by Crippen LogP contribution is 2.42. The third kappa shape index (κ3) is 4.45. The minimum Gasteiger partial charge on any atom is -0.477 e. The third-order valence-corrected chi connectivity index (χ3v) is 9.59. The van der Waals surface area contributed by atoms with Crippen molar-refractivity contribution in [2.24, 2.45) is 0 Å². The number of rotatable bonds is 8. The molecule has 182 valence electrons. The fourth-order valence-corrected chi connectivity index (χ4v) is 7.37. The molecule has 0 saturated carbocycles. The topological polar surface area (TPSA) is 130 Å². The molecule has 2 aromatic rings. The van der Waals surface area contributed by atoms with E-state index >= 15 is 0 Å². The maximum atomic E-state index is 13.1. The zero-order valence-corrected chi connectivity index (χ0v) is 22.1. The summed E-state index contributed by atoms with van der Waals surface area (Å²) in [5.74, 6) is -1.10. The van der Waals surface area contributed by atoms with E-state index in [1.165, 1.54) is 39.8 Å². The molecule has 2 aliphatic heterocycles. The molecule has 0 bridgehead atoms. The van der Waals surface area contributed by atoms with Crippen LogP contribution >= 0.6 is 46.5 Å². The summed E-state index contributed by atoms with van der Waals surface area (Å²) < 4.78 is 2.33. The number of β-lactam (4-membered cyclic amide) rings is 1. The number of carboxylic acids is 1. The van der Waals surface area contributed by atoms with E-state index in [2.05, 4.69) is 20.6 Å². The van der Waals surface area contributed by atoms with Crippen molar-refractivity contribution >= 4 is 64.2 Å². The Hall–Kier alpha value is -2.09.